The molecule has 0 bridgehead atoms. The van der Waals surface area contributed by atoms with Crippen LogP contribution in [0.15, 0.2) is 23.2 Å². The highest BCUT2D eigenvalue weighted by Crippen LogP contribution is 2.27. The Bertz CT molecular complexity index is 677. The summed E-state index contributed by atoms with van der Waals surface area (Å²) < 4.78 is 35.0. The van der Waals surface area contributed by atoms with E-state index < -0.39 is 10.0 Å². The molecule has 1 aromatic carbocycles. The van der Waals surface area contributed by atoms with E-state index in [1.54, 1.807) is 14.2 Å². The Kier molecular flexibility index (Phi) is 9.82. The molecule has 0 amide bonds. The predicted octanol–water partition coefficient (Wildman–Crippen LogP) is 0.741. The van der Waals surface area contributed by atoms with Crippen molar-refractivity contribution in [3.8, 4) is 11.5 Å². The number of rotatable bonds is 11. The maximum Gasteiger partial charge on any atom is 0.208 e. The Labute approximate surface area is 156 Å². The van der Waals surface area contributed by atoms with E-state index in [0.717, 1.165) is 24.8 Å². The van der Waals surface area contributed by atoms with Crippen molar-refractivity contribution < 1.29 is 17.9 Å². The Morgan fingerprint density at radius 2 is 1.85 bits per heavy atom. The molecular weight excluding hydrogens is 356 g/mol. The molecule has 0 aliphatic rings. The van der Waals surface area contributed by atoms with Crippen LogP contribution in [0.4, 0.5) is 0 Å². The molecule has 0 aliphatic carbocycles. The molecule has 3 N–H and O–H groups in total. The molecule has 1 aromatic rings. The van der Waals surface area contributed by atoms with Crippen LogP contribution in [0.5, 0.6) is 11.5 Å². The first-order valence-corrected chi connectivity index (χ1v) is 10.5. The van der Waals surface area contributed by atoms with Crippen LogP contribution in [0.2, 0.25) is 0 Å². The normalized spacial score (nSPS) is 11.9. The molecule has 9 heteroatoms. The van der Waals surface area contributed by atoms with Gasteiger partial charge in [0, 0.05) is 26.2 Å². The summed E-state index contributed by atoms with van der Waals surface area (Å²) in [5.41, 5.74) is 1.13. The fraction of sp³-hybridized carbons (Fsp3) is 0.588. The second-order valence-electron chi connectivity index (χ2n) is 5.65. The largest absolute Gasteiger partial charge is 0.493 e. The smallest absolute Gasteiger partial charge is 0.208 e. The van der Waals surface area contributed by atoms with E-state index in [1.165, 1.54) is 0 Å². The zero-order valence-corrected chi connectivity index (χ0v) is 16.8. The molecule has 8 nitrogen and oxygen atoms in total. The molecule has 148 valence electrons. The molecule has 0 aromatic heterocycles. The zero-order valence-electron chi connectivity index (χ0n) is 16.0. The van der Waals surface area contributed by atoms with Crippen molar-refractivity contribution in [2.45, 2.75) is 19.8 Å². The van der Waals surface area contributed by atoms with E-state index in [2.05, 4.69) is 20.3 Å². The summed E-state index contributed by atoms with van der Waals surface area (Å²) in [5.74, 6) is 2.14. The lowest BCUT2D eigenvalue weighted by Crippen LogP contribution is -2.38. The first-order chi connectivity index (χ1) is 12.4. The number of sulfonamides is 1. The molecule has 0 radical (unpaired) electrons. The SMILES string of the molecule is CCNC(=NCCCNS(C)(=O)=O)NCCc1ccc(OC)c(OC)c1. The molecule has 0 atom stereocenters. The van der Waals surface area contributed by atoms with Crippen LogP contribution in [0.1, 0.15) is 18.9 Å². The highest BCUT2D eigenvalue weighted by atomic mass is 32.2. The summed E-state index contributed by atoms with van der Waals surface area (Å²) >= 11 is 0. The molecule has 0 saturated carbocycles. The maximum absolute atomic E-state index is 11.0. The third-order valence-electron chi connectivity index (χ3n) is 3.47. The van der Waals surface area contributed by atoms with Crippen molar-refractivity contribution in [3.05, 3.63) is 23.8 Å². The van der Waals surface area contributed by atoms with Crippen LogP contribution >= 0.6 is 0 Å². The lowest BCUT2D eigenvalue weighted by atomic mass is 10.1. The molecule has 0 saturated heterocycles. The van der Waals surface area contributed by atoms with E-state index in [4.69, 9.17) is 9.47 Å². The fourth-order valence-corrected chi connectivity index (χ4v) is 2.75. The number of guanidine groups is 1. The molecule has 0 fully saturated rings. The van der Waals surface area contributed by atoms with Gasteiger partial charge in [-0.2, -0.15) is 0 Å². The summed E-state index contributed by atoms with van der Waals surface area (Å²) in [5, 5.41) is 6.44. The number of benzene rings is 1. The number of hydrogen-bond donors (Lipinski definition) is 3. The number of aliphatic imine (C=N–C) groups is 1. The highest BCUT2D eigenvalue weighted by Gasteiger charge is 2.05. The Morgan fingerprint density at radius 3 is 2.46 bits per heavy atom. The fourth-order valence-electron chi connectivity index (χ4n) is 2.23. The molecular formula is C17H30N4O4S. The molecule has 1 rings (SSSR count). The van der Waals surface area contributed by atoms with Gasteiger partial charge in [-0.05, 0) is 37.5 Å². The average molecular weight is 387 g/mol. The van der Waals surface area contributed by atoms with Crippen molar-refractivity contribution in [1.82, 2.24) is 15.4 Å². The Balaban J connectivity index is 2.46. The van der Waals surface area contributed by atoms with Crippen molar-refractivity contribution in [2.24, 2.45) is 4.99 Å². The van der Waals surface area contributed by atoms with Crippen LogP contribution in [-0.2, 0) is 16.4 Å². The summed E-state index contributed by atoms with van der Waals surface area (Å²) in [6, 6.07) is 5.85. The van der Waals surface area contributed by atoms with Gasteiger partial charge >= 0.3 is 0 Å². The van der Waals surface area contributed by atoms with E-state index in [1.807, 2.05) is 25.1 Å². The van der Waals surface area contributed by atoms with Crippen LogP contribution < -0.4 is 24.8 Å². The molecule has 0 aliphatic heterocycles. The van der Waals surface area contributed by atoms with Crippen LogP contribution in [-0.4, -0.2) is 61.0 Å². The first kappa shape index (κ1) is 22.0. The van der Waals surface area contributed by atoms with Crippen molar-refractivity contribution in [3.63, 3.8) is 0 Å². The minimum absolute atomic E-state index is 0.382. The lowest BCUT2D eigenvalue weighted by Gasteiger charge is -2.12. The number of nitrogens with one attached hydrogen (secondary N) is 3. The van der Waals surface area contributed by atoms with Gasteiger partial charge in [-0.15, -0.1) is 0 Å². The number of hydrogen-bond acceptors (Lipinski definition) is 5. The van der Waals surface area contributed by atoms with Gasteiger partial charge in [0.1, 0.15) is 0 Å². The molecule has 26 heavy (non-hydrogen) atoms. The minimum Gasteiger partial charge on any atom is -0.493 e. The quantitative estimate of drug-likeness (QED) is 0.295. The van der Waals surface area contributed by atoms with Crippen molar-refractivity contribution in [1.29, 1.82) is 0 Å². The maximum atomic E-state index is 11.0. The van der Waals surface area contributed by atoms with Crippen LogP contribution in [0.3, 0.4) is 0 Å². The van der Waals surface area contributed by atoms with Gasteiger partial charge in [-0.25, -0.2) is 13.1 Å². The summed E-state index contributed by atoms with van der Waals surface area (Å²) in [6.07, 6.45) is 2.59. The van der Waals surface area contributed by atoms with Gasteiger partial charge in [0.05, 0.1) is 20.5 Å². The standard InChI is InChI=1S/C17H30N4O4S/c1-5-18-17(19-10-6-11-21-26(4,22)23)20-12-9-14-7-8-15(24-2)16(13-14)25-3/h7-8,13,21H,5-6,9-12H2,1-4H3,(H2,18,19,20). The highest BCUT2D eigenvalue weighted by molar-refractivity contribution is 7.88. The zero-order chi connectivity index (χ0) is 19.4. The third-order valence-corrected chi connectivity index (χ3v) is 4.20. The van der Waals surface area contributed by atoms with E-state index in [0.29, 0.717) is 43.5 Å². The average Bonchev–Trinajstić information content (AvgIpc) is 2.60. The summed E-state index contributed by atoms with van der Waals surface area (Å²) in [7, 11) is 0.0946. The predicted molar refractivity (Wildman–Crippen MR) is 105 cm³/mol. The van der Waals surface area contributed by atoms with E-state index >= 15 is 0 Å². The number of methoxy groups -OCH3 is 2. The monoisotopic (exact) mass is 386 g/mol. The topological polar surface area (TPSA) is 101 Å². The summed E-state index contributed by atoms with van der Waals surface area (Å²) in [4.78, 5) is 4.44. The van der Waals surface area contributed by atoms with Crippen LogP contribution in [0.25, 0.3) is 0 Å². The lowest BCUT2D eigenvalue weighted by molar-refractivity contribution is 0.354. The molecule has 0 heterocycles. The van der Waals surface area contributed by atoms with Gasteiger partial charge in [0.25, 0.3) is 0 Å². The second-order valence-corrected chi connectivity index (χ2v) is 7.48. The Hall–Kier alpha value is -2.00. The van der Waals surface area contributed by atoms with Gasteiger partial charge in [-0.3, -0.25) is 4.99 Å². The van der Waals surface area contributed by atoms with Gasteiger partial charge < -0.3 is 20.1 Å². The van der Waals surface area contributed by atoms with Gasteiger partial charge in [0.2, 0.25) is 10.0 Å². The molecule has 0 unspecified atom stereocenters. The van der Waals surface area contributed by atoms with Crippen molar-refractivity contribution in [2.75, 3.05) is 46.7 Å². The van der Waals surface area contributed by atoms with Crippen LogP contribution in [0, 0.1) is 0 Å². The number of ether oxygens (including phenoxy) is 2. The first-order valence-electron chi connectivity index (χ1n) is 8.57. The van der Waals surface area contributed by atoms with Gasteiger partial charge in [-0.1, -0.05) is 6.07 Å². The minimum atomic E-state index is -3.14. The molecule has 0 spiro atoms. The van der Waals surface area contributed by atoms with Crippen molar-refractivity contribution >= 4 is 16.0 Å². The van der Waals surface area contributed by atoms with Gasteiger partial charge in [0.15, 0.2) is 17.5 Å². The summed E-state index contributed by atoms with van der Waals surface area (Å²) in [6.45, 7) is 4.38. The number of nitrogens with zero attached hydrogens (tertiary/aromatic N) is 1. The van der Waals surface area contributed by atoms with E-state index in [9.17, 15) is 8.42 Å². The van der Waals surface area contributed by atoms with E-state index in [-0.39, 0.29) is 0 Å². The second kappa shape index (κ2) is 11.6. The Morgan fingerprint density at radius 1 is 1.12 bits per heavy atom. The third kappa shape index (κ3) is 8.91.